The van der Waals surface area contributed by atoms with Gasteiger partial charge in [0.1, 0.15) is 0 Å². The van der Waals surface area contributed by atoms with Gasteiger partial charge in [0.25, 0.3) is 5.91 Å². The molecule has 8 heteroatoms. The molecule has 1 aliphatic heterocycles. The second-order valence-corrected chi connectivity index (χ2v) is 8.92. The van der Waals surface area contributed by atoms with Crippen LogP contribution in [0.3, 0.4) is 0 Å². The molecule has 130 valence electrons. The van der Waals surface area contributed by atoms with Crippen LogP contribution in [0.2, 0.25) is 0 Å². The van der Waals surface area contributed by atoms with Crippen molar-refractivity contribution in [2.45, 2.75) is 33.2 Å². The minimum atomic E-state index is -2.93. The van der Waals surface area contributed by atoms with Crippen molar-refractivity contribution in [1.82, 2.24) is 20.1 Å². The number of aromatic nitrogens is 3. The second kappa shape index (κ2) is 6.16. The number of fused-ring (bicyclic) bond motifs is 1. The molecule has 0 radical (unpaired) electrons. The third kappa shape index (κ3) is 3.28. The SMILES string of the molecule is Cc1nc2c(cnn2C(C)C)cc1C(=O)NCC1CCS(=O)(=O)C1. The number of nitrogens with zero attached hydrogens (tertiary/aromatic N) is 3. The highest BCUT2D eigenvalue weighted by Crippen LogP contribution is 2.20. The monoisotopic (exact) mass is 350 g/mol. The van der Waals surface area contributed by atoms with Gasteiger partial charge in [0.2, 0.25) is 0 Å². The lowest BCUT2D eigenvalue weighted by Crippen LogP contribution is -2.30. The van der Waals surface area contributed by atoms with Gasteiger partial charge in [0, 0.05) is 18.0 Å². The molecule has 0 saturated carbocycles. The Bertz CT molecular complexity index is 886. The molecule has 0 spiro atoms. The molecule has 1 amide bonds. The van der Waals surface area contributed by atoms with Crippen molar-refractivity contribution in [3.05, 3.63) is 23.5 Å². The molecule has 0 aromatic carbocycles. The lowest BCUT2D eigenvalue weighted by Gasteiger charge is -2.12. The third-order valence-electron chi connectivity index (χ3n) is 4.37. The summed E-state index contributed by atoms with van der Waals surface area (Å²) in [5.74, 6) is 0.155. The zero-order valence-corrected chi connectivity index (χ0v) is 14.9. The highest BCUT2D eigenvalue weighted by molar-refractivity contribution is 7.91. The molecule has 0 bridgehead atoms. The molecule has 2 aromatic heterocycles. The summed E-state index contributed by atoms with van der Waals surface area (Å²) in [5, 5.41) is 7.98. The van der Waals surface area contributed by atoms with E-state index in [1.54, 1.807) is 19.2 Å². The van der Waals surface area contributed by atoms with Crippen molar-refractivity contribution in [3.63, 3.8) is 0 Å². The number of hydrogen-bond donors (Lipinski definition) is 1. The van der Waals surface area contributed by atoms with Gasteiger partial charge >= 0.3 is 0 Å². The van der Waals surface area contributed by atoms with E-state index in [9.17, 15) is 13.2 Å². The third-order valence-corrected chi connectivity index (χ3v) is 6.21. The average molecular weight is 350 g/mol. The minimum absolute atomic E-state index is 0.000336. The average Bonchev–Trinajstić information content (AvgIpc) is 3.06. The van der Waals surface area contributed by atoms with Gasteiger partial charge in [-0.1, -0.05) is 0 Å². The van der Waals surface area contributed by atoms with Crippen molar-refractivity contribution in [2.24, 2.45) is 5.92 Å². The number of nitrogens with one attached hydrogen (secondary N) is 1. The standard InChI is InChI=1S/C16H22N4O3S/c1-10(2)20-15-13(8-18-20)6-14(11(3)19-15)16(21)17-7-12-4-5-24(22,23)9-12/h6,8,10,12H,4-5,7,9H2,1-3H3,(H,17,21). The molecule has 1 N–H and O–H groups in total. The molecule has 24 heavy (non-hydrogen) atoms. The van der Waals surface area contributed by atoms with Crippen LogP contribution in [0.1, 0.15) is 42.4 Å². The molecule has 0 aliphatic carbocycles. The van der Waals surface area contributed by atoms with Crippen LogP contribution in [-0.4, -0.2) is 47.1 Å². The maximum Gasteiger partial charge on any atom is 0.253 e. The summed E-state index contributed by atoms with van der Waals surface area (Å²) in [4.78, 5) is 17.0. The second-order valence-electron chi connectivity index (χ2n) is 6.70. The molecule has 1 unspecified atom stereocenters. The Hall–Kier alpha value is -1.96. The zero-order valence-electron chi connectivity index (χ0n) is 14.1. The Balaban J connectivity index is 1.76. The summed E-state index contributed by atoms with van der Waals surface area (Å²) in [6.07, 6.45) is 2.32. The Morgan fingerprint density at radius 2 is 2.21 bits per heavy atom. The van der Waals surface area contributed by atoms with Gasteiger partial charge < -0.3 is 5.32 Å². The lowest BCUT2D eigenvalue weighted by molar-refractivity contribution is 0.0947. The van der Waals surface area contributed by atoms with E-state index in [1.165, 1.54) is 0 Å². The molecular weight excluding hydrogens is 328 g/mol. The fraction of sp³-hybridized carbons (Fsp3) is 0.562. The minimum Gasteiger partial charge on any atom is -0.352 e. The number of carbonyl (C=O) groups excluding carboxylic acids is 1. The Morgan fingerprint density at radius 3 is 2.83 bits per heavy atom. The van der Waals surface area contributed by atoms with Crippen molar-refractivity contribution >= 4 is 26.8 Å². The van der Waals surface area contributed by atoms with Crippen molar-refractivity contribution in [1.29, 1.82) is 0 Å². The largest absolute Gasteiger partial charge is 0.352 e. The number of rotatable bonds is 4. The molecule has 1 fully saturated rings. The number of sulfone groups is 1. The molecule has 1 aliphatic rings. The van der Waals surface area contributed by atoms with E-state index >= 15 is 0 Å². The van der Waals surface area contributed by atoms with Gasteiger partial charge in [-0.3, -0.25) is 4.79 Å². The first kappa shape index (κ1) is 16.9. The van der Waals surface area contributed by atoms with Gasteiger partial charge in [0.15, 0.2) is 15.5 Å². The quantitative estimate of drug-likeness (QED) is 0.901. The van der Waals surface area contributed by atoms with Crippen molar-refractivity contribution < 1.29 is 13.2 Å². The van der Waals surface area contributed by atoms with Crippen molar-refractivity contribution in [2.75, 3.05) is 18.1 Å². The maximum absolute atomic E-state index is 12.4. The molecule has 7 nitrogen and oxygen atoms in total. The maximum atomic E-state index is 12.4. The molecule has 3 heterocycles. The van der Waals surface area contributed by atoms with E-state index in [0.29, 0.717) is 24.2 Å². The summed E-state index contributed by atoms with van der Waals surface area (Å²) >= 11 is 0. The van der Waals surface area contributed by atoms with E-state index < -0.39 is 9.84 Å². The summed E-state index contributed by atoms with van der Waals surface area (Å²) in [6.45, 7) is 6.23. The van der Waals surface area contributed by atoms with E-state index in [-0.39, 0.29) is 29.4 Å². The zero-order chi connectivity index (χ0) is 17.5. The Labute approximate surface area is 141 Å². The van der Waals surface area contributed by atoms with Gasteiger partial charge in [-0.2, -0.15) is 5.10 Å². The molecule has 2 aromatic rings. The number of pyridine rings is 1. The van der Waals surface area contributed by atoms with Crippen LogP contribution >= 0.6 is 0 Å². The van der Waals surface area contributed by atoms with Gasteiger partial charge in [-0.25, -0.2) is 18.1 Å². The van der Waals surface area contributed by atoms with E-state index in [4.69, 9.17) is 0 Å². The van der Waals surface area contributed by atoms with Gasteiger partial charge in [-0.15, -0.1) is 0 Å². The van der Waals surface area contributed by atoms with Crippen LogP contribution < -0.4 is 5.32 Å². The first-order valence-electron chi connectivity index (χ1n) is 8.10. The lowest BCUT2D eigenvalue weighted by atomic mass is 10.1. The molecule has 1 atom stereocenters. The summed E-state index contributed by atoms with van der Waals surface area (Å²) in [6, 6.07) is 1.99. The number of carbonyl (C=O) groups is 1. The summed E-state index contributed by atoms with van der Waals surface area (Å²) in [7, 11) is -2.93. The van der Waals surface area contributed by atoms with Crippen LogP contribution in [0, 0.1) is 12.8 Å². The summed E-state index contributed by atoms with van der Waals surface area (Å²) < 4.78 is 24.8. The van der Waals surface area contributed by atoms with Crippen LogP contribution in [-0.2, 0) is 9.84 Å². The van der Waals surface area contributed by atoms with E-state index in [0.717, 1.165) is 11.0 Å². The predicted octanol–water partition coefficient (Wildman–Crippen LogP) is 1.49. The van der Waals surface area contributed by atoms with Crippen LogP contribution in [0.5, 0.6) is 0 Å². The van der Waals surface area contributed by atoms with E-state index in [1.807, 2.05) is 18.5 Å². The Morgan fingerprint density at radius 1 is 1.46 bits per heavy atom. The highest BCUT2D eigenvalue weighted by Gasteiger charge is 2.28. The predicted molar refractivity (Wildman–Crippen MR) is 91.7 cm³/mol. The smallest absolute Gasteiger partial charge is 0.253 e. The highest BCUT2D eigenvalue weighted by atomic mass is 32.2. The topological polar surface area (TPSA) is 93.9 Å². The van der Waals surface area contributed by atoms with Gasteiger partial charge in [0.05, 0.1) is 29.0 Å². The molecule has 3 rings (SSSR count). The number of amides is 1. The van der Waals surface area contributed by atoms with Crippen molar-refractivity contribution in [3.8, 4) is 0 Å². The fourth-order valence-corrected chi connectivity index (χ4v) is 4.90. The Kier molecular flexibility index (Phi) is 4.33. The molecular formula is C16H22N4O3S. The summed E-state index contributed by atoms with van der Waals surface area (Å²) in [5.41, 5.74) is 1.91. The molecule has 1 saturated heterocycles. The van der Waals surface area contributed by atoms with Crippen LogP contribution in [0.4, 0.5) is 0 Å². The number of hydrogen-bond acceptors (Lipinski definition) is 5. The van der Waals surface area contributed by atoms with Crippen LogP contribution in [0.25, 0.3) is 11.0 Å². The fourth-order valence-electron chi connectivity index (χ4n) is 3.04. The first-order valence-corrected chi connectivity index (χ1v) is 9.92. The van der Waals surface area contributed by atoms with E-state index in [2.05, 4.69) is 15.4 Å². The normalized spacial score (nSPS) is 19.9. The number of aryl methyl sites for hydroxylation is 1. The van der Waals surface area contributed by atoms with Gasteiger partial charge in [-0.05, 0) is 39.2 Å². The first-order chi connectivity index (χ1) is 11.3. The van der Waals surface area contributed by atoms with Crippen LogP contribution in [0.15, 0.2) is 12.3 Å².